The Hall–Kier alpha value is -0.810. The molecule has 17 heavy (non-hydrogen) atoms. The molecule has 0 aromatic heterocycles. The fraction of sp³-hybridized carbons (Fsp3) is 0.917. The van der Waals surface area contributed by atoms with E-state index < -0.39 is 0 Å². The van der Waals surface area contributed by atoms with Gasteiger partial charge in [-0.2, -0.15) is 0 Å². The van der Waals surface area contributed by atoms with Crippen LogP contribution in [0.5, 0.6) is 0 Å². The van der Waals surface area contributed by atoms with Crippen LogP contribution in [0.2, 0.25) is 0 Å². The minimum atomic E-state index is 0.540. The number of nitrogens with one attached hydrogen (secondary N) is 2. The maximum absolute atomic E-state index is 5.50. The smallest absolute Gasteiger partial charge is 0.205 e. The molecule has 1 unspecified atom stereocenters. The van der Waals surface area contributed by atoms with E-state index >= 15 is 0 Å². The van der Waals surface area contributed by atoms with Crippen LogP contribution in [0.1, 0.15) is 38.5 Å². The molecule has 0 bridgehead atoms. The van der Waals surface area contributed by atoms with Gasteiger partial charge in [0.05, 0.1) is 6.61 Å². The van der Waals surface area contributed by atoms with Crippen LogP contribution in [0.3, 0.4) is 0 Å². The van der Waals surface area contributed by atoms with Crippen molar-refractivity contribution in [2.24, 2.45) is 16.8 Å². The quantitative estimate of drug-likeness (QED) is 0.295. The van der Waals surface area contributed by atoms with Gasteiger partial charge in [0.2, 0.25) is 5.96 Å². The zero-order valence-corrected chi connectivity index (χ0v) is 10.5. The van der Waals surface area contributed by atoms with Crippen molar-refractivity contribution in [1.82, 2.24) is 10.7 Å². The van der Waals surface area contributed by atoms with Crippen molar-refractivity contribution in [2.45, 2.75) is 44.6 Å². The van der Waals surface area contributed by atoms with Crippen LogP contribution in [0.15, 0.2) is 4.99 Å². The van der Waals surface area contributed by atoms with Gasteiger partial charge in [-0.1, -0.05) is 19.3 Å². The van der Waals surface area contributed by atoms with Gasteiger partial charge in [-0.25, -0.2) is 5.84 Å². The Morgan fingerprint density at radius 2 is 2.06 bits per heavy atom. The van der Waals surface area contributed by atoms with E-state index in [0.717, 1.165) is 32.1 Å². The number of nitrogens with two attached hydrogens (primary N) is 1. The third-order valence-corrected chi connectivity index (χ3v) is 3.61. The summed E-state index contributed by atoms with van der Waals surface area (Å²) >= 11 is 0. The number of ether oxygens (including phenoxy) is 1. The largest absolute Gasteiger partial charge is 0.381 e. The van der Waals surface area contributed by atoms with Gasteiger partial charge in [0, 0.05) is 25.1 Å². The molecule has 0 amide bonds. The van der Waals surface area contributed by atoms with Crippen LogP contribution < -0.4 is 16.6 Å². The van der Waals surface area contributed by atoms with E-state index in [-0.39, 0.29) is 0 Å². The van der Waals surface area contributed by atoms with Gasteiger partial charge in [0.25, 0.3) is 0 Å². The van der Waals surface area contributed by atoms with Gasteiger partial charge in [-0.3, -0.25) is 10.4 Å². The number of aliphatic imine (C=N–C) groups is 1. The highest BCUT2D eigenvalue weighted by Crippen LogP contribution is 2.17. The fourth-order valence-electron chi connectivity index (χ4n) is 2.52. The number of hydrogen-bond acceptors (Lipinski definition) is 3. The van der Waals surface area contributed by atoms with Crippen molar-refractivity contribution in [2.75, 3.05) is 19.8 Å². The first-order chi connectivity index (χ1) is 8.38. The molecule has 1 saturated carbocycles. The van der Waals surface area contributed by atoms with Gasteiger partial charge in [0.15, 0.2) is 0 Å². The summed E-state index contributed by atoms with van der Waals surface area (Å²) in [6.07, 6.45) is 7.56. The maximum Gasteiger partial charge on any atom is 0.205 e. The standard InChI is InChI=1S/C12H24N4O/c13-16-12(14-8-10-6-7-17-9-10)15-11-4-2-1-3-5-11/h10-11H,1-9,13H2,(H2,14,15,16). The third-order valence-electron chi connectivity index (χ3n) is 3.61. The molecule has 5 heteroatoms. The lowest BCUT2D eigenvalue weighted by Gasteiger charge is -2.24. The number of hydrogen-bond donors (Lipinski definition) is 3. The van der Waals surface area contributed by atoms with Crippen LogP contribution in [0.25, 0.3) is 0 Å². The maximum atomic E-state index is 5.50. The molecule has 4 N–H and O–H groups in total. The number of hydrazine groups is 1. The summed E-state index contributed by atoms with van der Waals surface area (Å²) in [5.41, 5.74) is 2.67. The first kappa shape index (κ1) is 12.6. The van der Waals surface area contributed by atoms with Crippen molar-refractivity contribution in [1.29, 1.82) is 0 Å². The molecular weight excluding hydrogens is 216 g/mol. The molecule has 5 nitrogen and oxygen atoms in total. The molecule has 0 radical (unpaired) electrons. The average Bonchev–Trinajstić information content (AvgIpc) is 2.89. The molecule has 1 aliphatic heterocycles. The summed E-state index contributed by atoms with van der Waals surface area (Å²) in [7, 11) is 0. The second-order valence-electron chi connectivity index (χ2n) is 5.04. The third kappa shape index (κ3) is 4.16. The Bertz CT molecular complexity index is 245. The zero-order chi connectivity index (χ0) is 11.9. The highest BCUT2D eigenvalue weighted by Gasteiger charge is 2.17. The molecule has 1 atom stereocenters. The minimum absolute atomic E-state index is 0.540. The van der Waals surface area contributed by atoms with Crippen LogP contribution in [0.4, 0.5) is 0 Å². The van der Waals surface area contributed by atoms with Gasteiger partial charge >= 0.3 is 0 Å². The summed E-state index contributed by atoms with van der Waals surface area (Å²) < 4.78 is 5.33. The van der Waals surface area contributed by atoms with Crippen molar-refractivity contribution < 1.29 is 4.74 Å². The molecule has 1 aliphatic carbocycles. The monoisotopic (exact) mass is 240 g/mol. The minimum Gasteiger partial charge on any atom is -0.381 e. The lowest BCUT2D eigenvalue weighted by Crippen LogP contribution is -2.47. The van der Waals surface area contributed by atoms with E-state index in [1.54, 1.807) is 0 Å². The van der Waals surface area contributed by atoms with Crippen LogP contribution in [-0.2, 0) is 4.74 Å². The molecule has 1 saturated heterocycles. The lowest BCUT2D eigenvalue weighted by atomic mass is 9.96. The van der Waals surface area contributed by atoms with E-state index in [2.05, 4.69) is 15.7 Å². The van der Waals surface area contributed by atoms with Gasteiger partial charge in [0.1, 0.15) is 0 Å². The van der Waals surface area contributed by atoms with Crippen molar-refractivity contribution >= 4 is 5.96 Å². The molecule has 0 aromatic carbocycles. The molecule has 2 aliphatic rings. The van der Waals surface area contributed by atoms with Crippen molar-refractivity contribution in [3.8, 4) is 0 Å². The van der Waals surface area contributed by atoms with Gasteiger partial charge in [-0.15, -0.1) is 0 Å². The predicted octanol–water partition coefficient (Wildman–Crippen LogP) is 0.764. The van der Waals surface area contributed by atoms with Crippen molar-refractivity contribution in [3.05, 3.63) is 0 Å². The SMILES string of the molecule is NNC(=NCC1CCOC1)NC1CCCCC1. The van der Waals surface area contributed by atoms with Gasteiger partial charge in [-0.05, 0) is 19.3 Å². The first-order valence-corrected chi connectivity index (χ1v) is 6.74. The second-order valence-corrected chi connectivity index (χ2v) is 5.04. The molecule has 98 valence electrons. The summed E-state index contributed by atoms with van der Waals surface area (Å²) in [4.78, 5) is 4.51. The molecule has 0 aromatic rings. The average molecular weight is 240 g/mol. The summed E-state index contributed by atoms with van der Waals surface area (Å²) in [6.45, 7) is 2.52. The Morgan fingerprint density at radius 3 is 2.71 bits per heavy atom. The summed E-state index contributed by atoms with van der Waals surface area (Å²) in [6, 6.07) is 0.540. The van der Waals surface area contributed by atoms with E-state index in [9.17, 15) is 0 Å². The number of nitrogens with zero attached hydrogens (tertiary/aromatic N) is 1. The van der Waals surface area contributed by atoms with Crippen LogP contribution in [-0.4, -0.2) is 31.8 Å². The van der Waals surface area contributed by atoms with E-state index in [4.69, 9.17) is 10.6 Å². The molecular formula is C12H24N4O. The fourth-order valence-corrected chi connectivity index (χ4v) is 2.52. The molecule has 2 rings (SSSR count). The molecule has 0 spiro atoms. The Morgan fingerprint density at radius 1 is 1.24 bits per heavy atom. The molecule has 2 fully saturated rings. The Labute approximate surface area is 103 Å². The first-order valence-electron chi connectivity index (χ1n) is 6.74. The van der Waals surface area contributed by atoms with E-state index in [0.29, 0.717) is 12.0 Å². The summed E-state index contributed by atoms with van der Waals surface area (Å²) in [5.74, 6) is 6.80. The number of guanidine groups is 1. The summed E-state index contributed by atoms with van der Waals surface area (Å²) in [5, 5.41) is 3.40. The van der Waals surface area contributed by atoms with Crippen LogP contribution in [0, 0.1) is 5.92 Å². The van der Waals surface area contributed by atoms with E-state index in [1.807, 2.05) is 0 Å². The van der Waals surface area contributed by atoms with Crippen molar-refractivity contribution in [3.63, 3.8) is 0 Å². The van der Waals surface area contributed by atoms with E-state index in [1.165, 1.54) is 32.1 Å². The molecule has 1 heterocycles. The predicted molar refractivity (Wildman–Crippen MR) is 68.6 cm³/mol. The number of rotatable bonds is 3. The van der Waals surface area contributed by atoms with Gasteiger partial charge < -0.3 is 10.1 Å². The lowest BCUT2D eigenvalue weighted by molar-refractivity contribution is 0.187. The Balaban J connectivity index is 1.75. The second kappa shape index (κ2) is 6.81. The Kier molecular flexibility index (Phi) is 5.07. The normalized spacial score (nSPS) is 27.1. The van der Waals surface area contributed by atoms with Crippen LogP contribution >= 0.6 is 0 Å². The topological polar surface area (TPSA) is 71.7 Å². The zero-order valence-electron chi connectivity index (χ0n) is 10.5. The highest BCUT2D eigenvalue weighted by molar-refractivity contribution is 5.79. The highest BCUT2D eigenvalue weighted by atomic mass is 16.5.